The van der Waals surface area contributed by atoms with Crippen LogP contribution in [0, 0.1) is 17.3 Å². The lowest BCUT2D eigenvalue weighted by molar-refractivity contribution is -0.140. The third kappa shape index (κ3) is 8.26. The predicted octanol–water partition coefficient (Wildman–Crippen LogP) is 5.01. The van der Waals surface area contributed by atoms with E-state index in [4.69, 9.17) is 11.6 Å². The molecule has 1 saturated carbocycles. The molecule has 0 amide bonds. The largest absolute Gasteiger partial charge is 0.469 e. The quantitative estimate of drug-likeness (QED) is 0.267. The van der Waals surface area contributed by atoms with Gasteiger partial charge in [0.1, 0.15) is 0 Å². The average Bonchev–Trinajstić information content (AvgIpc) is 2.93. The summed E-state index contributed by atoms with van der Waals surface area (Å²) in [5.74, 6) is -0.0401. The van der Waals surface area contributed by atoms with E-state index in [1.54, 1.807) is 0 Å². The highest BCUT2D eigenvalue weighted by atomic mass is 35.5. The number of alkyl halides is 1. The van der Waals surface area contributed by atoms with Gasteiger partial charge in [-0.1, -0.05) is 57.9 Å². The van der Waals surface area contributed by atoms with Crippen LogP contribution in [0.4, 0.5) is 0 Å². The molecule has 0 aromatic carbocycles. The summed E-state index contributed by atoms with van der Waals surface area (Å²) in [5, 5.41) is 21.0. The van der Waals surface area contributed by atoms with Gasteiger partial charge in [-0.15, -0.1) is 11.6 Å². The third-order valence-corrected chi connectivity index (χ3v) is 6.44. The molecule has 162 valence electrons. The molecule has 0 aliphatic heterocycles. The highest BCUT2D eigenvalue weighted by Gasteiger charge is 2.39. The number of carbonyl (C=O) groups excluding carboxylic acids is 1. The fraction of sp³-hybridized carbons (Fsp3) is 0.783. The summed E-state index contributed by atoms with van der Waals surface area (Å²) in [6.45, 7) is 6.33. The maximum atomic E-state index is 11.1. The van der Waals surface area contributed by atoms with Crippen LogP contribution in [0.15, 0.2) is 24.3 Å². The van der Waals surface area contributed by atoms with Crippen LogP contribution < -0.4 is 0 Å². The summed E-state index contributed by atoms with van der Waals surface area (Å²) in [7, 11) is 1.40. The van der Waals surface area contributed by atoms with Gasteiger partial charge in [0.15, 0.2) is 0 Å². The summed E-state index contributed by atoms with van der Waals surface area (Å²) in [4.78, 5) is 11.1. The lowest BCUT2D eigenvalue weighted by atomic mass is 9.80. The van der Waals surface area contributed by atoms with Crippen molar-refractivity contribution >= 4 is 17.6 Å². The minimum absolute atomic E-state index is 0.0254. The monoisotopic (exact) mass is 414 g/mol. The number of ether oxygens (including phenoxy) is 1. The molecule has 0 unspecified atom stereocenters. The Labute approximate surface area is 176 Å². The van der Waals surface area contributed by atoms with Crippen LogP contribution in [-0.2, 0) is 9.53 Å². The molecular weight excluding hydrogens is 376 g/mol. The van der Waals surface area contributed by atoms with Crippen molar-refractivity contribution in [3.8, 4) is 0 Å². The second-order valence-corrected chi connectivity index (χ2v) is 9.21. The fourth-order valence-corrected chi connectivity index (χ4v) is 4.31. The molecule has 28 heavy (non-hydrogen) atoms. The van der Waals surface area contributed by atoms with Crippen molar-refractivity contribution in [3.63, 3.8) is 0 Å². The first-order chi connectivity index (χ1) is 13.2. The lowest BCUT2D eigenvalue weighted by Gasteiger charge is -2.29. The van der Waals surface area contributed by atoms with Gasteiger partial charge in [-0.2, -0.15) is 0 Å². The molecule has 0 heterocycles. The van der Waals surface area contributed by atoms with Gasteiger partial charge in [0.25, 0.3) is 0 Å². The van der Waals surface area contributed by atoms with Gasteiger partial charge in [0, 0.05) is 17.7 Å². The number of hydrogen-bond acceptors (Lipinski definition) is 4. The molecule has 0 bridgehead atoms. The second kappa shape index (κ2) is 12.7. The molecule has 1 aliphatic rings. The minimum atomic E-state index is -0.528. The van der Waals surface area contributed by atoms with Gasteiger partial charge in [-0.05, 0) is 43.4 Å². The Bertz CT molecular complexity index is 515. The highest BCUT2D eigenvalue weighted by Crippen LogP contribution is 2.40. The van der Waals surface area contributed by atoms with E-state index >= 15 is 0 Å². The second-order valence-electron chi connectivity index (χ2n) is 8.65. The smallest absolute Gasteiger partial charge is 0.305 e. The molecule has 0 radical (unpaired) electrons. The van der Waals surface area contributed by atoms with E-state index in [-0.39, 0.29) is 28.6 Å². The van der Waals surface area contributed by atoms with Crippen LogP contribution in [0.1, 0.15) is 72.1 Å². The number of esters is 1. The van der Waals surface area contributed by atoms with E-state index in [0.717, 1.165) is 32.1 Å². The van der Waals surface area contributed by atoms with E-state index in [9.17, 15) is 15.0 Å². The van der Waals surface area contributed by atoms with E-state index in [1.807, 2.05) is 18.2 Å². The average molecular weight is 415 g/mol. The standard InChI is InChI=1S/C23H39ClO4/c1-5-6-15-23(2,3)21(26)14-13-18-17(19(24)16-20(18)25)11-9-7-8-10-12-22(27)28-4/h7-8,13-14,17-21,25-26H,5-6,9-12,15-16H2,1-4H3/b8-7-,14-13+/t17-,18-,19-,20-,21-/m1/s1. The predicted molar refractivity (Wildman–Crippen MR) is 115 cm³/mol. The Morgan fingerprint density at radius 3 is 2.64 bits per heavy atom. The van der Waals surface area contributed by atoms with E-state index < -0.39 is 12.2 Å². The molecule has 0 spiro atoms. The third-order valence-electron chi connectivity index (χ3n) is 5.94. The maximum Gasteiger partial charge on any atom is 0.305 e. The number of allylic oxidation sites excluding steroid dienone is 2. The van der Waals surface area contributed by atoms with Gasteiger partial charge >= 0.3 is 5.97 Å². The zero-order chi connectivity index (χ0) is 21.2. The Hall–Kier alpha value is -0.840. The molecule has 1 fully saturated rings. The summed E-state index contributed by atoms with van der Waals surface area (Å²) in [6.07, 6.45) is 13.5. The molecule has 0 aromatic heterocycles. The zero-order valence-corrected chi connectivity index (χ0v) is 18.7. The number of aliphatic hydroxyl groups is 2. The van der Waals surface area contributed by atoms with Crippen molar-refractivity contribution in [2.24, 2.45) is 17.3 Å². The van der Waals surface area contributed by atoms with Crippen molar-refractivity contribution in [1.29, 1.82) is 0 Å². The number of unbranched alkanes of at least 4 members (excludes halogenated alkanes) is 1. The molecular formula is C23H39ClO4. The summed E-state index contributed by atoms with van der Waals surface area (Å²) in [5.41, 5.74) is -0.172. The normalized spacial score (nSPS) is 27.0. The summed E-state index contributed by atoms with van der Waals surface area (Å²) < 4.78 is 4.62. The molecule has 2 N–H and O–H groups in total. The first kappa shape index (κ1) is 25.2. The van der Waals surface area contributed by atoms with Gasteiger partial charge in [-0.25, -0.2) is 0 Å². The minimum Gasteiger partial charge on any atom is -0.469 e. The first-order valence-corrected chi connectivity index (χ1v) is 11.1. The van der Waals surface area contributed by atoms with E-state index in [1.165, 1.54) is 7.11 Å². The Balaban J connectivity index is 2.58. The van der Waals surface area contributed by atoms with E-state index in [0.29, 0.717) is 19.3 Å². The van der Waals surface area contributed by atoms with Gasteiger partial charge in [-0.3, -0.25) is 4.79 Å². The van der Waals surface area contributed by atoms with E-state index in [2.05, 4.69) is 31.6 Å². The van der Waals surface area contributed by atoms with Crippen LogP contribution in [0.25, 0.3) is 0 Å². The van der Waals surface area contributed by atoms with Crippen LogP contribution >= 0.6 is 11.6 Å². The highest BCUT2D eigenvalue weighted by molar-refractivity contribution is 6.21. The summed E-state index contributed by atoms with van der Waals surface area (Å²) >= 11 is 6.50. The Kier molecular flexibility index (Phi) is 11.4. The van der Waals surface area contributed by atoms with Crippen LogP contribution in [0.3, 0.4) is 0 Å². The molecule has 1 rings (SSSR count). The topological polar surface area (TPSA) is 66.8 Å². The van der Waals surface area contributed by atoms with Crippen molar-refractivity contribution in [1.82, 2.24) is 0 Å². The molecule has 0 saturated heterocycles. The number of methoxy groups -OCH3 is 1. The molecule has 0 aromatic rings. The summed E-state index contributed by atoms with van der Waals surface area (Å²) in [6, 6.07) is 0. The van der Waals surface area contributed by atoms with Crippen molar-refractivity contribution in [3.05, 3.63) is 24.3 Å². The molecule has 1 aliphatic carbocycles. The van der Waals surface area contributed by atoms with Crippen LogP contribution in [0.2, 0.25) is 0 Å². The number of halogens is 1. The number of carbonyl (C=O) groups is 1. The van der Waals surface area contributed by atoms with Gasteiger partial charge in [0.2, 0.25) is 0 Å². The van der Waals surface area contributed by atoms with Crippen LogP contribution in [0.5, 0.6) is 0 Å². The van der Waals surface area contributed by atoms with Gasteiger partial charge < -0.3 is 14.9 Å². The first-order valence-electron chi connectivity index (χ1n) is 10.6. The van der Waals surface area contributed by atoms with Crippen LogP contribution in [-0.4, -0.2) is 40.9 Å². The van der Waals surface area contributed by atoms with Crippen molar-refractivity contribution in [2.45, 2.75) is 89.7 Å². The molecule has 5 heteroatoms. The van der Waals surface area contributed by atoms with Gasteiger partial charge in [0.05, 0.1) is 19.3 Å². The Morgan fingerprint density at radius 2 is 2.00 bits per heavy atom. The lowest BCUT2D eigenvalue weighted by Crippen LogP contribution is -2.28. The number of aliphatic hydroxyl groups excluding tert-OH is 2. The zero-order valence-electron chi connectivity index (χ0n) is 17.9. The number of hydrogen-bond donors (Lipinski definition) is 2. The van der Waals surface area contributed by atoms with Crippen molar-refractivity contribution in [2.75, 3.05) is 7.11 Å². The fourth-order valence-electron chi connectivity index (χ4n) is 3.84. The molecule has 4 nitrogen and oxygen atoms in total. The van der Waals surface area contributed by atoms with Crippen molar-refractivity contribution < 1.29 is 19.7 Å². The number of rotatable bonds is 12. The molecule has 5 atom stereocenters. The maximum absolute atomic E-state index is 11.1. The SMILES string of the molecule is CCCCC(C)(C)[C@H](O)/C=C/[C@@H]1[C@@H](CC/C=C\CCC(=O)OC)[C@H](Cl)C[C@H]1O. The Morgan fingerprint density at radius 1 is 1.32 bits per heavy atom.